The van der Waals surface area contributed by atoms with Crippen molar-refractivity contribution < 1.29 is 47.7 Å². The number of halogens is 1. The lowest BCUT2D eigenvalue weighted by atomic mass is 10.0. The van der Waals surface area contributed by atoms with Gasteiger partial charge in [-0.25, -0.2) is 4.98 Å². The molecule has 6 amide bonds. The van der Waals surface area contributed by atoms with E-state index in [0.717, 1.165) is 10.1 Å². The van der Waals surface area contributed by atoms with E-state index in [9.17, 15) is 28.8 Å². The Kier molecular flexibility index (Phi) is 18.9. The monoisotopic (exact) mass is 1010 g/mol. The molecule has 0 bridgehead atoms. The summed E-state index contributed by atoms with van der Waals surface area (Å²) in [6.07, 6.45) is 8.20. The van der Waals surface area contributed by atoms with Gasteiger partial charge in [0.25, 0.3) is 11.8 Å². The Bertz CT molecular complexity index is 2470. The van der Waals surface area contributed by atoms with E-state index in [4.69, 9.17) is 23.9 Å². The predicted molar refractivity (Wildman–Crippen MR) is 263 cm³/mol. The molecule has 20 nitrogen and oxygen atoms in total. The number of hydrogen-bond acceptors (Lipinski definition) is 15. The molecule has 0 radical (unpaired) electrons. The van der Waals surface area contributed by atoms with E-state index in [1.165, 1.54) is 12.0 Å². The molecule has 368 valence electrons. The number of likely N-dealkylation sites (N-methyl/N-ethyl adjacent to an activating group) is 1. The van der Waals surface area contributed by atoms with Crippen LogP contribution in [0.25, 0.3) is 0 Å². The van der Waals surface area contributed by atoms with Crippen LogP contribution >= 0.6 is 15.9 Å². The molecule has 3 aliphatic heterocycles. The van der Waals surface area contributed by atoms with Gasteiger partial charge in [-0.05, 0) is 56.2 Å². The van der Waals surface area contributed by atoms with E-state index >= 15 is 0 Å². The number of amides is 6. The quantitative estimate of drug-likeness (QED) is 0.0459. The molecule has 21 heteroatoms. The average molecular weight is 1020 g/mol. The van der Waals surface area contributed by atoms with Crippen LogP contribution in [0.3, 0.4) is 0 Å². The Morgan fingerprint density at radius 3 is 2.43 bits per heavy atom. The number of nitrogens with zero attached hydrogens (tertiary/aromatic N) is 5. The van der Waals surface area contributed by atoms with Gasteiger partial charge in [0.15, 0.2) is 5.82 Å². The van der Waals surface area contributed by atoms with Gasteiger partial charge in [-0.1, -0.05) is 53.2 Å². The third kappa shape index (κ3) is 13.6. The van der Waals surface area contributed by atoms with Crippen LogP contribution in [0, 0.1) is 0 Å². The first-order valence-corrected chi connectivity index (χ1v) is 23.4. The zero-order valence-corrected chi connectivity index (χ0v) is 40.8. The largest absolute Gasteiger partial charge is 0.495 e. The Hall–Kier alpha value is -6.52. The molecule has 0 saturated carbocycles. The lowest BCUT2D eigenvalue weighted by molar-refractivity contribution is -0.137. The highest BCUT2D eigenvalue weighted by molar-refractivity contribution is 9.11. The number of benzene rings is 2. The molecule has 5 N–H and O–H groups in total. The summed E-state index contributed by atoms with van der Waals surface area (Å²) in [5, 5.41) is 14.2. The molecule has 4 heterocycles. The molecule has 0 spiro atoms. The average Bonchev–Trinajstić information content (AvgIpc) is 3.68. The fourth-order valence-electron chi connectivity index (χ4n) is 7.87. The van der Waals surface area contributed by atoms with E-state index < -0.39 is 18.0 Å². The number of ether oxygens (including phenoxy) is 4. The number of allylic oxidation sites excluding steroid dienone is 4. The lowest BCUT2D eigenvalue weighted by Gasteiger charge is -2.40. The number of carbonyl (C=O) groups is 6. The van der Waals surface area contributed by atoms with Crippen LogP contribution in [-0.2, 0) is 39.9 Å². The van der Waals surface area contributed by atoms with E-state index in [2.05, 4.69) is 54.1 Å². The highest BCUT2D eigenvalue weighted by atomic mass is 79.9. The number of aromatic nitrogens is 2. The van der Waals surface area contributed by atoms with Crippen LogP contribution in [0.2, 0.25) is 0 Å². The summed E-state index contributed by atoms with van der Waals surface area (Å²) in [4.78, 5) is 90.4. The Morgan fingerprint density at radius 1 is 0.986 bits per heavy atom. The molecule has 1 unspecified atom stereocenters. The number of carbonyl (C=O) groups excluding carboxylic acids is 6. The Morgan fingerprint density at radius 2 is 1.72 bits per heavy atom. The first-order valence-electron chi connectivity index (χ1n) is 22.6. The summed E-state index contributed by atoms with van der Waals surface area (Å²) in [6.45, 7) is 11.1. The first-order chi connectivity index (χ1) is 33.3. The molecule has 2 aromatic carbocycles. The van der Waals surface area contributed by atoms with E-state index in [1.807, 2.05) is 30.9 Å². The van der Waals surface area contributed by atoms with Crippen molar-refractivity contribution in [2.24, 2.45) is 0 Å². The van der Waals surface area contributed by atoms with Gasteiger partial charge in [0, 0.05) is 66.5 Å². The minimum atomic E-state index is -0.739. The number of fused-ring (bicyclic) bond motifs is 2. The van der Waals surface area contributed by atoms with Crippen LogP contribution in [0.1, 0.15) is 59.4 Å². The van der Waals surface area contributed by atoms with E-state index in [0.29, 0.717) is 104 Å². The number of anilines is 5. The van der Waals surface area contributed by atoms with Gasteiger partial charge in [0.05, 0.1) is 65.2 Å². The summed E-state index contributed by atoms with van der Waals surface area (Å²) < 4.78 is 23.2. The van der Waals surface area contributed by atoms with E-state index in [-0.39, 0.29) is 68.6 Å². The molecular weight excluding hydrogens is 956 g/mol. The minimum absolute atomic E-state index is 0.0210. The van der Waals surface area contributed by atoms with Crippen LogP contribution in [0.15, 0.2) is 77.5 Å². The van der Waals surface area contributed by atoms with Crippen LogP contribution in [-0.4, -0.2) is 142 Å². The van der Waals surface area contributed by atoms with Crippen molar-refractivity contribution in [2.45, 2.75) is 51.7 Å². The standard InChI is InChI=1S/C48H59BrN10O10/c1-6-32(49)13-11-30(3)28-58-37(7-2)47(65)57(4)39-26-52-48(56-43(39)58)54-36-14-12-31(25-40(36)66-5)44(62)51-18-20-68-22-24-69-23-21-67-19-17-50-27-42(61)53-35-10-8-9-33-34(35)29-59(46(33)64)38-15-16-41(60)55-45(38)63/h6,8-14,25-26,37-38,50H,1,7,15-24,27-29H2,2-5H3,(H,51,62)(H,53,61)(H,52,54,56)(H,55,60,63)/b30-11+,32-13+/t37-,38?/m1/s1. The molecule has 3 aromatic rings. The molecular formula is C48H59BrN10O10. The number of piperidine rings is 1. The maximum absolute atomic E-state index is 13.3. The van der Waals surface area contributed by atoms with Crippen molar-refractivity contribution in [1.29, 1.82) is 0 Å². The molecule has 1 aromatic heterocycles. The molecule has 1 fully saturated rings. The van der Waals surface area contributed by atoms with Crippen LogP contribution in [0.5, 0.6) is 5.75 Å². The van der Waals surface area contributed by atoms with Crippen molar-refractivity contribution in [3.8, 4) is 5.75 Å². The highest BCUT2D eigenvalue weighted by Gasteiger charge is 2.40. The molecule has 1 saturated heterocycles. The number of rotatable bonds is 25. The van der Waals surface area contributed by atoms with Crippen molar-refractivity contribution in [1.82, 2.24) is 30.8 Å². The van der Waals surface area contributed by atoms with Gasteiger partial charge in [0.2, 0.25) is 29.6 Å². The number of methoxy groups -OCH3 is 1. The summed E-state index contributed by atoms with van der Waals surface area (Å²) in [5.41, 5.74) is 4.09. The smallest absolute Gasteiger partial charge is 0.255 e. The molecule has 69 heavy (non-hydrogen) atoms. The number of hydrogen-bond donors (Lipinski definition) is 5. The van der Waals surface area contributed by atoms with Gasteiger partial charge in [-0.2, -0.15) is 4.98 Å². The van der Waals surface area contributed by atoms with Crippen molar-refractivity contribution in [3.63, 3.8) is 0 Å². The van der Waals surface area contributed by atoms with Crippen molar-refractivity contribution in [3.05, 3.63) is 94.1 Å². The fraction of sp³-hybridized carbons (Fsp3) is 0.417. The topological polar surface area (TPSA) is 235 Å². The maximum atomic E-state index is 13.3. The van der Waals surface area contributed by atoms with Gasteiger partial charge in [0.1, 0.15) is 23.5 Å². The Labute approximate surface area is 409 Å². The van der Waals surface area contributed by atoms with Gasteiger partial charge >= 0.3 is 0 Å². The SMILES string of the molecule is C=C/C(Br)=C\C=C(/C)CN1c2nc(Nc3ccc(C(=O)NCCOCCOCCOCCNCC(=O)Nc4cccc5c4CN(C4CCC(=O)NC4=O)C5=O)cc3OC)ncc2N(C)C(=O)[C@H]1CC. The lowest BCUT2D eigenvalue weighted by Crippen LogP contribution is -2.53. The molecule has 3 aliphatic rings. The third-order valence-electron chi connectivity index (χ3n) is 11.5. The second-order valence-corrected chi connectivity index (χ2v) is 17.1. The van der Waals surface area contributed by atoms with Crippen molar-refractivity contribution >= 4 is 80.2 Å². The summed E-state index contributed by atoms with van der Waals surface area (Å²) in [7, 11) is 3.23. The molecule has 2 atom stereocenters. The summed E-state index contributed by atoms with van der Waals surface area (Å²) in [5.74, 6) is -0.483. The third-order valence-corrected chi connectivity index (χ3v) is 12.0. The van der Waals surface area contributed by atoms with Gasteiger partial charge < -0.3 is 54.9 Å². The van der Waals surface area contributed by atoms with Crippen LogP contribution in [0.4, 0.5) is 28.8 Å². The highest BCUT2D eigenvalue weighted by Crippen LogP contribution is 2.37. The first kappa shape index (κ1) is 51.9. The minimum Gasteiger partial charge on any atom is -0.495 e. The van der Waals surface area contributed by atoms with E-state index in [1.54, 1.807) is 60.6 Å². The number of nitrogens with one attached hydrogen (secondary N) is 5. The molecule has 6 rings (SSSR count). The normalized spacial score (nSPS) is 17.1. The van der Waals surface area contributed by atoms with Gasteiger partial charge in [-0.15, -0.1) is 0 Å². The Balaban J connectivity index is 0.841. The zero-order valence-electron chi connectivity index (χ0n) is 39.2. The van der Waals surface area contributed by atoms with Crippen LogP contribution < -0.4 is 41.1 Å². The molecule has 0 aliphatic carbocycles. The fourth-order valence-corrected chi connectivity index (χ4v) is 8.00. The summed E-state index contributed by atoms with van der Waals surface area (Å²) in [6, 6.07) is 8.90. The zero-order chi connectivity index (χ0) is 49.5. The maximum Gasteiger partial charge on any atom is 0.255 e. The number of imide groups is 1. The van der Waals surface area contributed by atoms with Gasteiger partial charge in [-0.3, -0.25) is 34.1 Å². The van der Waals surface area contributed by atoms with Crippen molar-refractivity contribution in [2.75, 3.05) is 100 Å². The summed E-state index contributed by atoms with van der Waals surface area (Å²) >= 11 is 3.45. The second kappa shape index (κ2) is 25.2. The predicted octanol–water partition coefficient (Wildman–Crippen LogP) is 3.97. The second-order valence-electron chi connectivity index (χ2n) is 16.2.